The fourth-order valence-electron chi connectivity index (χ4n) is 3.30. The van der Waals surface area contributed by atoms with Crippen LogP contribution in [0.5, 0.6) is 0 Å². The van der Waals surface area contributed by atoms with Crippen molar-refractivity contribution in [2.75, 3.05) is 5.32 Å². The number of amides is 1. The number of para-hydroxylation sites is 2. The van der Waals surface area contributed by atoms with Gasteiger partial charge in [0.1, 0.15) is 5.76 Å². The molecule has 0 radical (unpaired) electrons. The third-order valence-corrected chi connectivity index (χ3v) is 4.96. The standard InChI is InChI=1S/C26H20N4O4/c1-16(31)24(25(32)27-18-7-3-2-4-8-18)30-29-19-13-11-17(12-14-19)23-15-21(26(33)34)20-9-5-6-10-22(20)28-23/h2-15,31H,1H3,(H,27,32)(H,33,34)/b24-16+,30-29?. The minimum Gasteiger partial charge on any atom is -0.510 e. The molecule has 0 aliphatic carbocycles. The lowest BCUT2D eigenvalue weighted by Crippen LogP contribution is -2.14. The minimum atomic E-state index is -1.03. The first kappa shape index (κ1) is 22.3. The minimum absolute atomic E-state index is 0.169. The van der Waals surface area contributed by atoms with Gasteiger partial charge < -0.3 is 15.5 Å². The Bertz CT molecular complexity index is 1420. The molecule has 0 saturated heterocycles. The largest absolute Gasteiger partial charge is 0.510 e. The van der Waals surface area contributed by atoms with E-state index >= 15 is 0 Å². The monoisotopic (exact) mass is 452 g/mol. The molecule has 0 atom stereocenters. The molecule has 0 unspecified atom stereocenters. The Balaban J connectivity index is 1.57. The average molecular weight is 452 g/mol. The molecule has 1 aromatic heterocycles. The molecule has 8 nitrogen and oxygen atoms in total. The summed E-state index contributed by atoms with van der Waals surface area (Å²) in [6, 6.07) is 24.2. The smallest absolute Gasteiger partial charge is 0.336 e. The van der Waals surface area contributed by atoms with E-state index in [0.29, 0.717) is 33.5 Å². The van der Waals surface area contributed by atoms with Crippen LogP contribution < -0.4 is 5.32 Å². The summed E-state index contributed by atoms with van der Waals surface area (Å²) < 4.78 is 0. The van der Waals surface area contributed by atoms with Gasteiger partial charge in [0, 0.05) is 16.6 Å². The number of allylic oxidation sites excluding steroid dienone is 1. The maximum Gasteiger partial charge on any atom is 0.336 e. The molecular formula is C26H20N4O4. The number of carboxylic acid groups (broad SMARTS) is 1. The molecule has 0 saturated carbocycles. The van der Waals surface area contributed by atoms with Crippen molar-refractivity contribution in [2.24, 2.45) is 10.2 Å². The lowest BCUT2D eigenvalue weighted by atomic mass is 10.0. The molecule has 1 amide bonds. The summed E-state index contributed by atoms with van der Waals surface area (Å²) in [6.07, 6.45) is 0. The van der Waals surface area contributed by atoms with Crippen LogP contribution in [0.3, 0.4) is 0 Å². The maximum absolute atomic E-state index is 12.5. The van der Waals surface area contributed by atoms with E-state index < -0.39 is 11.9 Å². The van der Waals surface area contributed by atoms with E-state index in [1.54, 1.807) is 72.8 Å². The molecule has 168 valence electrons. The van der Waals surface area contributed by atoms with Gasteiger partial charge in [-0.3, -0.25) is 4.79 Å². The van der Waals surface area contributed by atoms with Crippen molar-refractivity contribution in [3.05, 3.63) is 102 Å². The number of aliphatic hydroxyl groups is 1. The Kier molecular flexibility index (Phi) is 6.40. The van der Waals surface area contributed by atoms with Crippen LogP contribution in [0.4, 0.5) is 11.4 Å². The summed E-state index contributed by atoms with van der Waals surface area (Å²) in [4.78, 5) is 28.8. The Morgan fingerprint density at radius 3 is 2.24 bits per heavy atom. The van der Waals surface area contributed by atoms with Crippen LogP contribution in [0.2, 0.25) is 0 Å². The first-order chi connectivity index (χ1) is 16.4. The number of carbonyl (C=O) groups is 2. The normalized spacial score (nSPS) is 11.9. The van der Waals surface area contributed by atoms with Gasteiger partial charge in [0.25, 0.3) is 5.91 Å². The number of aromatic nitrogens is 1. The van der Waals surface area contributed by atoms with Gasteiger partial charge in [-0.25, -0.2) is 9.78 Å². The predicted molar refractivity (Wildman–Crippen MR) is 129 cm³/mol. The van der Waals surface area contributed by atoms with E-state index in [1.807, 2.05) is 6.07 Å². The molecule has 0 spiro atoms. The molecule has 4 aromatic rings. The third kappa shape index (κ3) is 4.97. The number of aliphatic hydroxyl groups excluding tert-OH is 1. The fourth-order valence-corrected chi connectivity index (χ4v) is 3.30. The zero-order chi connectivity index (χ0) is 24.1. The number of aromatic carboxylic acids is 1. The second-order valence-corrected chi connectivity index (χ2v) is 7.38. The molecule has 0 bridgehead atoms. The number of hydrogen-bond donors (Lipinski definition) is 3. The molecule has 0 aliphatic heterocycles. The Hall–Kier alpha value is -4.85. The van der Waals surface area contributed by atoms with Gasteiger partial charge in [-0.2, -0.15) is 5.11 Å². The van der Waals surface area contributed by atoms with Crippen molar-refractivity contribution < 1.29 is 19.8 Å². The van der Waals surface area contributed by atoms with Crippen LogP contribution in [0.1, 0.15) is 17.3 Å². The van der Waals surface area contributed by atoms with Gasteiger partial charge >= 0.3 is 5.97 Å². The second-order valence-electron chi connectivity index (χ2n) is 7.38. The van der Waals surface area contributed by atoms with Crippen molar-refractivity contribution in [3.63, 3.8) is 0 Å². The van der Waals surface area contributed by atoms with Crippen LogP contribution in [-0.4, -0.2) is 27.1 Å². The highest BCUT2D eigenvalue weighted by atomic mass is 16.4. The predicted octanol–water partition coefficient (Wildman–Crippen LogP) is 6.11. The van der Waals surface area contributed by atoms with E-state index in [1.165, 1.54) is 13.0 Å². The zero-order valence-corrected chi connectivity index (χ0v) is 18.1. The van der Waals surface area contributed by atoms with E-state index in [9.17, 15) is 19.8 Å². The van der Waals surface area contributed by atoms with Gasteiger partial charge in [-0.1, -0.05) is 48.5 Å². The van der Waals surface area contributed by atoms with E-state index in [0.717, 1.165) is 0 Å². The van der Waals surface area contributed by atoms with Gasteiger partial charge in [0.05, 0.1) is 22.5 Å². The molecule has 3 aromatic carbocycles. The number of rotatable bonds is 6. The molecule has 3 N–H and O–H groups in total. The van der Waals surface area contributed by atoms with Crippen LogP contribution in [-0.2, 0) is 4.79 Å². The van der Waals surface area contributed by atoms with E-state index in [4.69, 9.17) is 0 Å². The topological polar surface area (TPSA) is 124 Å². The summed E-state index contributed by atoms with van der Waals surface area (Å²) in [5.74, 6) is -1.89. The molecule has 34 heavy (non-hydrogen) atoms. The number of hydrogen-bond acceptors (Lipinski definition) is 6. The van der Waals surface area contributed by atoms with Gasteiger partial charge in [-0.05, 0) is 43.3 Å². The van der Waals surface area contributed by atoms with Crippen molar-refractivity contribution in [1.82, 2.24) is 4.98 Å². The van der Waals surface area contributed by atoms with Crippen molar-refractivity contribution in [3.8, 4) is 11.3 Å². The number of benzene rings is 3. The van der Waals surface area contributed by atoms with Gasteiger partial charge in [0.15, 0.2) is 5.70 Å². The number of nitrogens with one attached hydrogen (secondary N) is 1. The fraction of sp³-hybridized carbons (Fsp3) is 0.0385. The lowest BCUT2D eigenvalue weighted by Gasteiger charge is -2.07. The summed E-state index contributed by atoms with van der Waals surface area (Å²) in [7, 11) is 0. The maximum atomic E-state index is 12.5. The Morgan fingerprint density at radius 2 is 1.56 bits per heavy atom. The first-order valence-electron chi connectivity index (χ1n) is 10.3. The number of azo groups is 1. The summed E-state index contributed by atoms with van der Waals surface area (Å²) >= 11 is 0. The quantitative estimate of drug-likeness (QED) is 0.185. The van der Waals surface area contributed by atoms with Crippen LogP contribution in [0.15, 0.2) is 107 Å². The summed E-state index contributed by atoms with van der Waals surface area (Å²) in [5.41, 5.74) is 2.75. The number of carbonyl (C=O) groups excluding carboxylic acids is 1. The lowest BCUT2D eigenvalue weighted by molar-refractivity contribution is -0.113. The van der Waals surface area contributed by atoms with Crippen molar-refractivity contribution in [1.29, 1.82) is 0 Å². The Labute approximate surface area is 194 Å². The summed E-state index contributed by atoms with van der Waals surface area (Å²) in [5, 5.41) is 30.7. The van der Waals surface area contributed by atoms with Crippen LogP contribution in [0.25, 0.3) is 22.2 Å². The van der Waals surface area contributed by atoms with Crippen molar-refractivity contribution >= 4 is 34.2 Å². The number of anilines is 1. The summed E-state index contributed by atoms with van der Waals surface area (Å²) in [6.45, 7) is 1.35. The second kappa shape index (κ2) is 9.74. The average Bonchev–Trinajstić information content (AvgIpc) is 2.84. The molecule has 1 heterocycles. The number of pyridine rings is 1. The van der Waals surface area contributed by atoms with Crippen LogP contribution >= 0.6 is 0 Å². The van der Waals surface area contributed by atoms with E-state index in [2.05, 4.69) is 20.5 Å². The SMILES string of the molecule is C/C(O)=C(\N=Nc1ccc(-c2cc(C(=O)O)c3ccccc3n2)cc1)C(=O)Nc1ccccc1. The molecular weight excluding hydrogens is 432 g/mol. The van der Waals surface area contributed by atoms with Crippen molar-refractivity contribution in [2.45, 2.75) is 6.92 Å². The van der Waals surface area contributed by atoms with Crippen LogP contribution in [0, 0.1) is 0 Å². The number of carboxylic acids is 1. The Morgan fingerprint density at radius 1 is 0.882 bits per heavy atom. The highest BCUT2D eigenvalue weighted by Gasteiger charge is 2.14. The van der Waals surface area contributed by atoms with Gasteiger partial charge in [-0.15, -0.1) is 5.11 Å². The molecule has 0 fully saturated rings. The highest BCUT2D eigenvalue weighted by Crippen LogP contribution is 2.27. The molecule has 0 aliphatic rings. The number of fused-ring (bicyclic) bond motifs is 1. The first-order valence-corrected chi connectivity index (χ1v) is 10.3. The number of nitrogens with zero attached hydrogens (tertiary/aromatic N) is 3. The van der Waals surface area contributed by atoms with E-state index in [-0.39, 0.29) is 17.0 Å². The third-order valence-electron chi connectivity index (χ3n) is 4.96. The molecule has 4 rings (SSSR count). The zero-order valence-electron chi connectivity index (χ0n) is 18.1. The van der Waals surface area contributed by atoms with Gasteiger partial charge in [0.2, 0.25) is 0 Å². The molecule has 8 heteroatoms. The highest BCUT2D eigenvalue weighted by molar-refractivity contribution is 6.04.